The number of rotatable bonds is 1. The highest BCUT2D eigenvalue weighted by Crippen LogP contribution is 2.34. The second kappa shape index (κ2) is 4.26. The van der Waals surface area contributed by atoms with Crippen LogP contribution in [0.15, 0.2) is 28.1 Å². The van der Waals surface area contributed by atoms with Gasteiger partial charge in [0.15, 0.2) is 0 Å². The molecule has 0 fully saturated rings. The third-order valence-corrected chi connectivity index (χ3v) is 4.92. The van der Waals surface area contributed by atoms with Crippen LogP contribution in [0.3, 0.4) is 0 Å². The van der Waals surface area contributed by atoms with E-state index in [2.05, 4.69) is 20.9 Å². The number of nitrogens with zero attached hydrogens (tertiary/aromatic N) is 2. The van der Waals surface area contributed by atoms with Crippen molar-refractivity contribution < 1.29 is 0 Å². The molecule has 0 bridgehead atoms. The number of nitrogens with two attached hydrogens (primary N) is 1. The minimum Gasteiger partial charge on any atom is -0.383 e. The number of thiophene rings is 1. The largest absolute Gasteiger partial charge is 0.383 e. The predicted octanol–water partition coefficient (Wildman–Crippen LogP) is 4.37. The van der Waals surface area contributed by atoms with Gasteiger partial charge < -0.3 is 5.73 Å². The van der Waals surface area contributed by atoms with Crippen molar-refractivity contribution in [2.24, 2.45) is 0 Å². The fourth-order valence-electron chi connectivity index (χ4n) is 1.91. The number of nitrogen functional groups attached to an aromatic ring is 1. The highest BCUT2D eigenvalue weighted by atomic mass is 79.9. The van der Waals surface area contributed by atoms with Gasteiger partial charge in [0.1, 0.15) is 17.2 Å². The van der Waals surface area contributed by atoms with Crippen LogP contribution in [0.1, 0.15) is 5.69 Å². The Labute approximate surface area is 121 Å². The molecule has 3 nitrogen and oxygen atoms in total. The Balaban J connectivity index is 2.33. The van der Waals surface area contributed by atoms with Gasteiger partial charge >= 0.3 is 0 Å². The van der Waals surface area contributed by atoms with Crippen molar-refractivity contribution in [3.8, 4) is 10.6 Å². The molecule has 3 heterocycles. The third-order valence-electron chi connectivity index (χ3n) is 2.80. The van der Waals surface area contributed by atoms with Crippen molar-refractivity contribution in [3.63, 3.8) is 0 Å². The zero-order valence-electron chi connectivity index (χ0n) is 9.45. The van der Waals surface area contributed by atoms with Crippen molar-refractivity contribution in [2.75, 3.05) is 5.73 Å². The number of aromatic nitrogens is 2. The lowest BCUT2D eigenvalue weighted by Gasteiger charge is -2.03. The first-order valence-electron chi connectivity index (χ1n) is 5.25. The van der Waals surface area contributed by atoms with Gasteiger partial charge in [-0.15, -0.1) is 11.3 Å². The quantitative estimate of drug-likeness (QED) is 0.713. The van der Waals surface area contributed by atoms with E-state index in [1.165, 1.54) is 0 Å². The Morgan fingerprint density at radius 3 is 2.89 bits per heavy atom. The van der Waals surface area contributed by atoms with Crippen LogP contribution in [0.5, 0.6) is 0 Å². The summed E-state index contributed by atoms with van der Waals surface area (Å²) in [6.07, 6.45) is 0. The first-order chi connectivity index (χ1) is 8.58. The molecule has 18 heavy (non-hydrogen) atoms. The number of aryl methyl sites for hydroxylation is 1. The number of pyridine rings is 1. The minimum absolute atomic E-state index is 0.641. The number of halogens is 2. The van der Waals surface area contributed by atoms with Gasteiger partial charge in [0.05, 0.1) is 9.90 Å². The van der Waals surface area contributed by atoms with Crippen LogP contribution in [0.2, 0.25) is 5.02 Å². The summed E-state index contributed by atoms with van der Waals surface area (Å²) >= 11 is 11.0. The van der Waals surface area contributed by atoms with Crippen LogP contribution in [0, 0.1) is 6.92 Å². The molecule has 0 aromatic carbocycles. The lowest BCUT2D eigenvalue weighted by atomic mass is 10.3. The second-order valence-electron chi connectivity index (χ2n) is 3.94. The van der Waals surface area contributed by atoms with Crippen molar-refractivity contribution >= 4 is 50.3 Å². The van der Waals surface area contributed by atoms with Crippen LogP contribution in [-0.2, 0) is 0 Å². The van der Waals surface area contributed by atoms with Gasteiger partial charge in [0.25, 0.3) is 0 Å². The average molecular weight is 343 g/mol. The molecule has 2 N–H and O–H groups in total. The first-order valence-corrected chi connectivity index (χ1v) is 7.30. The van der Waals surface area contributed by atoms with Crippen LogP contribution < -0.4 is 5.73 Å². The SMILES string of the molecule is Cc1c(Br)ccc2nc(-c3cc(Cl)cs3)c(N)n12. The number of anilines is 1. The van der Waals surface area contributed by atoms with E-state index in [0.717, 1.165) is 26.4 Å². The van der Waals surface area contributed by atoms with Gasteiger partial charge in [-0.1, -0.05) is 11.6 Å². The molecule has 0 aliphatic carbocycles. The van der Waals surface area contributed by atoms with Crippen LogP contribution >= 0.6 is 38.9 Å². The summed E-state index contributed by atoms with van der Waals surface area (Å²) in [5, 5.41) is 2.59. The first kappa shape index (κ1) is 12.0. The molecule has 6 heteroatoms. The fraction of sp³-hybridized carbons (Fsp3) is 0.0833. The van der Waals surface area contributed by atoms with Gasteiger partial charge in [0, 0.05) is 15.5 Å². The predicted molar refractivity (Wildman–Crippen MR) is 80.4 cm³/mol. The molecule has 3 rings (SSSR count). The van der Waals surface area contributed by atoms with E-state index in [4.69, 9.17) is 17.3 Å². The second-order valence-corrected chi connectivity index (χ2v) is 6.14. The van der Waals surface area contributed by atoms with E-state index in [-0.39, 0.29) is 0 Å². The van der Waals surface area contributed by atoms with E-state index >= 15 is 0 Å². The van der Waals surface area contributed by atoms with Crippen LogP contribution in [-0.4, -0.2) is 9.38 Å². The van der Waals surface area contributed by atoms with Crippen LogP contribution in [0.25, 0.3) is 16.2 Å². The summed E-state index contributed by atoms with van der Waals surface area (Å²) < 4.78 is 2.95. The monoisotopic (exact) mass is 341 g/mol. The molecular weight excluding hydrogens is 334 g/mol. The summed E-state index contributed by atoms with van der Waals surface area (Å²) in [5.41, 5.74) is 8.85. The van der Waals surface area contributed by atoms with Gasteiger partial charge in [-0.2, -0.15) is 0 Å². The highest BCUT2D eigenvalue weighted by molar-refractivity contribution is 9.10. The van der Waals surface area contributed by atoms with E-state index < -0.39 is 0 Å². The molecule has 0 atom stereocenters. The topological polar surface area (TPSA) is 43.3 Å². The summed E-state index contributed by atoms with van der Waals surface area (Å²) in [5.74, 6) is 0.641. The Morgan fingerprint density at radius 2 is 2.22 bits per heavy atom. The normalized spacial score (nSPS) is 11.3. The summed E-state index contributed by atoms with van der Waals surface area (Å²) in [6.45, 7) is 2.00. The lowest BCUT2D eigenvalue weighted by Crippen LogP contribution is -1.98. The molecule has 0 aliphatic rings. The number of imidazole rings is 1. The Hall–Kier alpha value is -1.04. The Morgan fingerprint density at radius 1 is 1.44 bits per heavy atom. The number of hydrogen-bond donors (Lipinski definition) is 1. The molecule has 0 amide bonds. The van der Waals surface area contributed by atoms with Crippen LogP contribution in [0.4, 0.5) is 5.82 Å². The molecular formula is C12H9BrClN3S. The molecule has 0 spiro atoms. The standard InChI is InChI=1S/C12H9BrClN3S/c1-6-8(13)2-3-10-16-11(12(15)17(6)10)9-4-7(14)5-18-9/h2-5H,15H2,1H3. The van der Waals surface area contributed by atoms with E-state index in [1.54, 1.807) is 11.3 Å². The van der Waals surface area contributed by atoms with Gasteiger partial charge in [-0.25, -0.2) is 4.98 Å². The van der Waals surface area contributed by atoms with Gasteiger partial charge in [-0.05, 0) is 41.1 Å². The van der Waals surface area contributed by atoms with Gasteiger partial charge in [-0.3, -0.25) is 4.40 Å². The Kier molecular flexibility index (Phi) is 2.84. The molecule has 0 saturated carbocycles. The maximum Gasteiger partial charge on any atom is 0.139 e. The Bertz CT molecular complexity index is 747. The molecule has 0 unspecified atom stereocenters. The number of hydrogen-bond acceptors (Lipinski definition) is 3. The van der Waals surface area contributed by atoms with E-state index in [0.29, 0.717) is 10.8 Å². The molecule has 3 aromatic heterocycles. The van der Waals surface area contributed by atoms with Crippen molar-refractivity contribution in [3.05, 3.63) is 38.8 Å². The molecule has 92 valence electrons. The number of fused-ring (bicyclic) bond motifs is 1. The third kappa shape index (κ3) is 1.74. The zero-order valence-corrected chi connectivity index (χ0v) is 12.6. The zero-order chi connectivity index (χ0) is 12.9. The van der Waals surface area contributed by atoms with Gasteiger partial charge in [0.2, 0.25) is 0 Å². The van der Waals surface area contributed by atoms with Crippen molar-refractivity contribution in [1.29, 1.82) is 0 Å². The maximum atomic E-state index is 6.19. The maximum absolute atomic E-state index is 6.19. The van der Waals surface area contributed by atoms with E-state index in [1.807, 2.05) is 34.9 Å². The van der Waals surface area contributed by atoms with Crippen molar-refractivity contribution in [1.82, 2.24) is 9.38 Å². The van der Waals surface area contributed by atoms with Crippen molar-refractivity contribution in [2.45, 2.75) is 6.92 Å². The molecule has 3 aromatic rings. The molecule has 0 radical (unpaired) electrons. The average Bonchev–Trinajstić information content (AvgIpc) is 2.89. The minimum atomic E-state index is 0.641. The summed E-state index contributed by atoms with van der Waals surface area (Å²) in [7, 11) is 0. The highest BCUT2D eigenvalue weighted by Gasteiger charge is 2.15. The smallest absolute Gasteiger partial charge is 0.139 e. The molecule has 0 aliphatic heterocycles. The fourth-order valence-corrected chi connectivity index (χ4v) is 3.29. The lowest BCUT2D eigenvalue weighted by molar-refractivity contribution is 1.09. The van der Waals surface area contributed by atoms with E-state index in [9.17, 15) is 0 Å². The summed E-state index contributed by atoms with van der Waals surface area (Å²) in [4.78, 5) is 5.55. The molecule has 0 saturated heterocycles. The summed E-state index contributed by atoms with van der Waals surface area (Å²) in [6, 6.07) is 5.79.